The highest BCUT2D eigenvalue weighted by Crippen LogP contribution is 2.47. The summed E-state index contributed by atoms with van der Waals surface area (Å²) in [6.45, 7) is 0. The monoisotopic (exact) mass is 1770 g/mol. The number of fused-ring (bicyclic) bond motifs is 29. The maximum atomic E-state index is 6.21. The average Bonchev–Trinajstić information content (AvgIpc) is 1.72. The highest BCUT2D eigenvalue weighted by Gasteiger charge is 2.22. The van der Waals surface area contributed by atoms with E-state index < -0.39 is 0 Å². The first-order chi connectivity index (χ1) is 67.8. The van der Waals surface area contributed by atoms with Gasteiger partial charge >= 0.3 is 0 Å². The number of hydrogen-bond acceptors (Lipinski definition) is 9. The summed E-state index contributed by atoms with van der Waals surface area (Å²) in [5.74, 6) is 2.20. The Hall–Kier alpha value is -17.6. The number of benzene rings is 24. The fourth-order valence-corrected chi connectivity index (χ4v) is 23.4. The molecule has 0 aliphatic heterocycles. The third-order valence-corrected chi connectivity index (χ3v) is 30.1. The van der Waals surface area contributed by atoms with E-state index in [4.69, 9.17) is 34.3 Å². The predicted octanol–water partition coefficient (Wildman–Crippen LogP) is 35.9. The van der Waals surface area contributed by atoms with Crippen molar-refractivity contribution < 1.29 is 4.42 Å². The second-order valence-corrected chi connectivity index (χ2v) is 38.0. The van der Waals surface area contributed by atoms with Gasteiger partial charge in [-0.25, -0.2) is 29.9 Å². The van der Waals surface area contributed by atoms with E-state index >= 15 is 0 Å². The lowest BCUT2D eigenvalue weighted by atomic mass is 9.94. The van der Waals surface area contributed by atoms with Crippen LogP contribution in [0.3, 0.4) is 0 Å². The number of thiophene rings is 2. The number of furan rings is 1. The number of rotatable bonds is 7. The van der Waals surface area contributed by atoms with Crippen LogP contribution >= 0.6 is 22.7 Å². The van der Waals surface area contributed by atoms with Gasteiger partial charge in [-0.15, -0.1) is 22.7 Å². The normalized spacial score (nSPS) is 11.9. The van der Waals surface area contributed by atoms with Gasteiger partial charge in [-0.3, -0.25) is 0 Å². The Bertz CT molecular complexity index is 10400. The Balaban J connectivity index is 0.000000102. The molecule has 30 rings (SSSR count). The molecule has 0 radical (unpaired) electrons. The van der Waals surface area contributed by atoms with Crippen molar-refractivity contribution in [1.29, 1.82) is 0 Å². The predicted molar refractivity (Wildman–Crippen MR) is 582 cm³/mol. The molecule has 0 spiro atoms. The molecule has 0 aliphatic carbocycles. The second kappa shape index (κ2) is 31.6. The molecular weight excluding hydrogens is 1700 g/mol. The molecule has 137 heavy (non-hydrogen) atoms. The Morgan fingerprint density at radius 3 is 0.978 bits per heavy atom. The summed E-state index contributed by atoms with van der Waals surface area (Å²) in [5, 5.41) is 37.9. The van der Waals surface area contributed by atoms with Gasteiger partial charge in [-0.2, -0.15) is 0 Å². The van der Waals surface area contributed by atoms with Crippen LogP contribution in [0.1, 0.15) is 0 Å². The molecule has 0 aliphatic rings. The van der Waals surface area contributed by atoms with Crippen molar-refractivity contribution >= 4 is 236 Å². The maximum absolute atomic E-state index is 6.21. The summed E-state index contributed by atoms with van der Waals surface area (Å²) in [4.78, 5) is 30.8. The molecule has 0 fully saturated rings. The minimum atomic E-state index is 0.718. The molecule has 6 heterocycles. The summed E-state index contributed by atoms with van der Waals surface area (Å²) in [7, 11) is 0. The quantitative estimate of drug-likeness (QED) is 0.147. The van der Waals surface area contributed by atoms with Gasteiger partial charge in [0.25, 0.3) is 0 Å². The minimum Gasteiger partial charge on any atom is -0.456 e. The molecule has 0 unspecified atom stereocenters. The topological polar surface area (TPSA) is 90.5 Å². The van der Waals surface area contributed by atoms with E-state index in [1.165, 1.54) is 159 Å². The largest absolute Gasteiger partial charge is 0.456 e. The van der Waals surface area contributed by atoms with Gasteiger partial charge in [0, 0.05) is 101 Å². The highest BCUT2D eigenvalue weighted by molar-refractivity contribution is 7.26. The van der Waals surface area contributed by atoms with E-state index in [1.54, 1.807) is 0 Å². The van der Waals surface area contributed by atoms with Crippen LogP contribution in [0, 0.1) is 0 Å². The SMILES string of the molecule is c1ccc(-c2cccc(-c3nc(-c4ccc5c(ccc6ccc7cc8oc9ccccc9c8cc7c65)c4)nc4ccccc34)c2)cc1.c1ccc2cc(-c3nc(-c4ccc5c(ccc6ccc7cc8c(cc7c65)sc5ccccc58)c4)nc4ccccc34)ccc2c1.c1ccc2cc(-c3nc(-c4ccc5c(ccc6ccc7cc8sc9ccccc9c8cc7c65)c4)nc4ccccc34)ccc2c1. The first kappa shape index (κ1) is 78.1. The summed E-state index contributed by atoms with van der Waals surface area (Å²) in [6, 6.07) is 161. The molecule has 634 valence electrons. The lowest BCUT2D eigenvalue weighted by Gasteiger charge is -2.12. The molecule has 30 aromatic rings. The third-order valence-electron chi connectivity index (χ3n) is 27.8. The number of hydrogen-bond donors (Lipinski definition) is 0. The van der Waals surface area contributed by atoms with Gasteiger partial charge in [0.2, 0.25) is 0 Å². The van der Waals surface area contributed by atoms with Crippen molar-refractivity contribution in [3.8, 4) is 79.1 Å². The molecule has 0 atom stereocenters. The molecule has 0 saturated carbocycles. The van der Waals surface area contributed by atoms with Crippen molar-refractivity contribution in [2.45, 2.75) is 0 Å². The summed E-state index contributed by atoms with van der Waals surface area (Å²) in [6.07, 6.45) is 0. The fourth-order valence-electron chi connectivity index (χ4n) is 21.2. The van der Waals surface area contributed by atoms with Gasteiger partial charge in [-0.05, 0) is 239 Å². The summed E-state index contributed by atoms with van der Waals surface area (Å²) >= 11 is 3.75. The van der Waals surface area contributed by atoms with Crippen molar-refractivity contribution in [1.82, 2.24) is 29.9 Å². The Labute approximate surface area is 792 Å². The van der Waals surface area contributed by atoms with Crippen molar-refractivity contribution in [2.75, 3.05) is 0 Å². The Morgan fingerprint density at radius 2 is 0.482 bits per heavy atom. The molecule has 6 aromatic heterocycles. The Morgan fingerprint density at radius 1 is 0.146 bits per heavy atom. The number of para-hydroxylation sites is 4. The zero-order valence-electron chi connectivity index (χ0n) is 73.6. The maximum Gasteiger partial charge on any atom is 0.160 e. The summed E-state index contributed by atoms with van der Waals surface area (Å²) < 4.78 is 11.5. The van der Waals surface area contributed by atoms with Crippen LogP contribution in [-0.2, 0) is 0 Å². The molecule has 7 nitrogen and oxygen atoms in total. The van der Waals surface area contributed by atoms with Crippen molar-refractivity contribution in [3.05, 3.63) is 449 Å². The van der Waals surface area contributed by atoms with Crippen LogP contribution < -0.4 is 0 Å². The second-order valence-electron chi connectivity index (χ2n) is 35.8. The van der Waals surface area contributed by atoms with Crippen molar-refractivity contribution in [3.63, 3.8) is 0 Å². The lowest BCUT2D eigenvalue weighted by Crippen LogP contribution is -1.95. The van der Waals surface area contributed by atoms with E-state index in [9.17, 15) is 0 Å². The molecular formula is C128H74N6OS2. The fraction of sp³-hybridized carbons (Fsp3) is 0. The first-order valence-corrected chi connectivity index (χ1v) is 48.0. The van der Waals surface area contributed by atoms with Crippen LogP contribution in [0.25, 0.3) is 293 Å². The van der Waals surface area contributed by atoms with Crippen LogP contribution in [-0.4, -0.2) is 29.9 Å². The molecule has 0 saturated heterocycles. The molecule has 0 bridgehead atoms. The van der Waals surface area contributed by atoms with E-state index in [-0.39, 0.29) is 0 Å². The number of aromatic nitrogens is 6. The van der Waals surface area contributed by atoms with Crippen LogP contribution in [0.4, 0.5) is 0 Å². The van der Waals surface area contributed by atoms with E-state index in [0.717, 1.165) is 134 Å². The zero-order chi connectivity index (χ0) is 89.9. The average molecular weight is 1780 g/mol. The smallest absolute Gasteiger partial charge is 0.160 e. The molecule has 24 aromatic carbocycles. The zero-order valence-corrected chi connectivity index (χ0v) is 75.3. The molecule has 0 amide bonds. The van der Waals surface area contributed by atoms with Crippen LogP contribution in [0.2, 0.25) is 0 Å². The van der Waals surface area contributed by atoms with Crippen LogP contribution in [0.5, 0.6) is 0 Å². The van der Waals surface area contributed by atoms with Gasteiger partial charge in [0.05, 0.1) is 33.6 Å². The first-order valence-electron chi connectivity index (χ1n) is 46.4. The van der Waals surface area contributed by atoms with E-state index in [0.29, 0.717) is 0 Å². The van der Waals surface area contributed by atoms with Gasteiger partial charge in [0.15, 0.2) is 17.5 Å². The summed E-state index contributed by atoms with van der Waals surface area (Å²) in [5.41, 5.74) is 16.1. The standard InChI is InChI=1S/C44H26N2O.2C42H24N2S/c1-2-9-27(10-3-1)29-11-8-12-32(23-29)43-36-14-4-6-15-39(36)45-44(46-43)33-21-22-34-30(24-33)19-17-28-18-20-31-25-41-38(26-37(31)42(28)34)35-13-5-7-16-40(35)47-41;1-2-8-27-21-30(18-13-25(27)7-1)41-34-10-3-5-11-37(34)43-42(44-41)31-19-20-32-28(22-31)16-14-26-15-17-29-23-39-36(24-35(29)40(26)32)33-9-4-6-12-38(33)45-39;1-2-8-27-21-30(18-13-25(27)7-1)41-34-10-3-5-11-37(34)43-42(44-41)31-19-20-32-28(22-31)16-14-26-15-17-29-23-36-33-9-4-6-12-38(33)45-39(36)24-35(29)40(26)32/h1-26H;2*1-24H. The van der Waals surface area contributed by atoms with Gasteiger partial charge in [-0.1, -0.05) is 340 Å². The van der Waals surface area contributed by atoms with E-state index in [2.05, 4.69) is 425 Å². The van der Waals surface area contributed by atoms with E-state index in [1.807, 2.05) is 46.9 Å². The third kappa shape index (κ3) is 13.3. The number of nitrogens with zero attached hydrogens (tertiary/aromatic N) is 6. The highest BCUT2D eigenvalue weighted by atomic mass is 32.1. The van der Waals surface area contributed by atoms with Crippen molar-refractivity contribution in [2.24, 2.45) is 0 Å². The minimum absolute atomic E-state index is 0.718. The Kier molecular flexibility index (Phi) is 18.0. The van der Waals surface area contributed by atoms with Gasteiger partial charge < -0.3 is 4.42 Å². The van der Waals surface area contributed by atoms with Gasteiger partial charge in [0.1, 0.15) is 11.2 Å². The molecule has 0 N–H and O–H groups in total. The molecule has 9 heteroatoms. The van der Waals surface area contributed by atoms with Crippen LogP contribution in [0.15, 0.2) is 453 Å². The lowest BCUT2D eigenvalue weighted by molar-refractivity contribution is 0.669.